The molecule has 3 heterocycles. The Labute approximate surface area is 181 Å². The van der Waals surface area contributed by atoms with Gasteiger partial charge >= 0.3 is 0 Å². The minimum absolute atomic E-state index is 0.0458. The molecule has 5 nitrogen and oxygen atoms in total. The zero-order valence-electron chi connectivity index (χ0n) is 17.6. The number of fused-ring (bicyclic) bond motifs is 1. The van der Waals surface area contributed by atoms with Crippen LogP contribution in [0.15, 0.2) is 59.9 Å². The largest absolute Gasteiger partial charge is 0.384 e. The number of aryl methyl sites for hydroxylation is 1. The van der Waals surface area contributed by atoms with E-state index < -0.39 is 5.82 Å². The molecular formula is C25H24FN3O2. The number of nitrogens with zero attached hydrogens (tertiary/aromatic N) is 3. The second-order valence-corrected chi connectivity index (χ2v) is 7.74. The van der Waals surface area contributed by atoms with Gasteiger partial charge < -0.3 is 4.74 Å². The summed E-state index contributed by atoms with van der Waals surface area (Å²) in [4.78, 5) is 25.8. The number of carbonyl (C=O) groups is 1. The SMILES string of the molecule is COC[C@@H](CC(=O)Cc1ncc2c(c1F)CN=C2c1ccnc(C)c1)c1ccccc1. The van der Waals surface area contributed by atoms with Crippen LogP contribution in [0.4, 0.5) is 4.39 Å². The lowest BCUT2D eigenvalue weighted by atomic mass is 9.92. The number of methoxy groups -OCH3 is 1. The third-order valence-electron chi connectivity index (χ3n) is 5.49. The number of hydrogen-bond donors (Lipinski definition) is 0. The highest BCUT2D eigenvalue weighted by atomic mass is 19.1. The van der Waals surface area contributed by atoms with Crippen molar-refractivity contribution >= 4 is 11.5 Å². The van der Waals surface area contributed by atoms with Crippen LogP contribution in [0.5, 0.6) is 0 Å². The van der Waals surface area contributed by atoms with Crippen molar-refractivity contribution in [1.82, 2.24) is 9.97 Å². The molecule has 1 aliphatic heterocycles. The summed E-state index contributed by atoms with van der Waals surface area (Å²) in [6.45, 7) is 2.58. The molecule has 0 unspecified atom stereocenters. The molecule has 0 saturated heterocycles. The van der Waals surface area contributed by atoms with Crippen LogP contribution in [0.1, 0.15) is 46.0 Å². The summed E-state index contributed by atoms with van der Waals surface area (Å²) in [5.74, 6) is -0.569. The number of Topliss-reactive ketones (excluding diaryl/α,β-unsaturated/α-hetero) is 1. The van der Waals surface area contributed by atoms with Crippen LogP contribution in [0.25, 0.3) is 0 Å². The molecule has 0 fully saturated rings. The van der Waals surface area contributed by atoms with Crippen LogP contribution in [0.2, 0.25) is 0 Å². The van der Waals surface area contributed by atoms with E-state index in [0.29, 0.717) is 23.4 Å². The Bertz CT molecular complexity index is 1130. The van der Waals surface area contributed by atoms with Crippen molar-refractivity contribution in [2.75, 3.05) is 13.7 Å². The van der Waals surface area contributed by atoms with Crippen LogP contribution < -0.4 is 0 Å². The fraction of sp³-hybridized carbons (Fsp3) is 0.280. The monoisotopic (exact) mass is 417 g/mol. The fourth-order valence-electron chi connectivity index (χ4n) is 3.97. The van der Waals surface area contributed by atoms with Crippen molar-refractivity contribution in [2.45, 2.75) is 32.2 Å². The van der Waals surface area contributed by atoms with Gasteiger partial charge in [0.2, 0.25) is 0 Å². The topological polar surface area (TPSA) is 64.4 Å². The number of carbonyl (C=O) groups excluding carboxylic acids is 1. The van der Waals surface area contributed by atoms with Crippen LogP contribution in [-0.2, 0) is 22.5 Å². The number of benzene rings is 1. The normalized spacial score (nSPS) is 13.6. The minimum Gasteiger partial charge on any atom is -0.384 e. The minimum atomic E-state index is -0.432. The summed E-state index contributed by atoms with van der Waals surface area (Å²) < 4.78 is 20.5. The average Bonchev–Trinajstić information content (AvgIpc) is 3.21. The van der Waals surface area contributed by atoms with Crippen molar-refractivity contribution in [3.63, 3.8) is 0 Å². The smallest absolute Gasteiger partial charge is 0.150 e. The van der Waals surface area contributed by atoms with Gasteiger partial charge in [-0.1, -0.05) is 30.3 Å². The highest BCUT2D eigenvalue weighted by molar-refractivity contribution is 6.15. The maximum atomic E-state index is 15.2. The Morgan fingerprint density at radius 2 is 2.00 bits per heavy atom. The van der Waals surface area contributed by atoms with Gasteiger partial charge in [-0.2, -0.15) is 0 Å². The molecule has 31 heavy (non-hydrogen) atoms. The van der Waals surface area contributed by atoms with Gasteiger partial charge in [0.05, 0.1) is 31.0 Å². The average molecular weight is 417 g/mol. The summed E-state index contributed by atoms with van der Waals surface area (Å²) in [6, 6.07) is 13.5. The predicted molar refractivity (Wildman–Crippen MR) is 117 cm³/mol. The number of aliphatic imine (C=N–C) groups is 1. The molecule has 0 spiro atoms. The Kier molecular flexibility index (Phi) is 6.28. The molecule has 1 aliphatic rings. The predicted octanol–water partition coefficient (Wildman–Crippen LogP) is 4.21. The van der Waals surface area contributed by atoms with Gasteiger partial charge in [0, 0.05) is 54.2 Å². The van der Waals surface area contributed by atoms with Crippen molar-refractivity contribution in [1.29, 1.82) is 0 Å². The number of pyridine rings is 2. The van der Waals surface area contributed by atoms with Gasteiger partial charge in [0.15, 0.2) is 5.82 Å². The van der Waals surface area contributed by atoms with E-state index in [0.717, 1.165) is 16.8 Å². The number of hydrogen-bond acceptors (Lipinski definition) is 5. The van der Waals surface area contributed by atoms with Crippen LogP contribution in [0.3, 0.4) is 0 Å². The summed E-state index contributed by atoms with van der Waals surface area (Å²) in [7, 11) is 1.62. The van der Waals surface area contributed by atoms with Crippen LogP contribution >= 0.6 is 0 Å². The summed E-state index contributed by atoms with van der Waals surface area (Å²) in [5.41, 5.74) is 4.87. The molecule has 0 amide bonds. The van der Waals surface area contributed by atoms with Crippen LogP contribution in [-0.4, -0.2) is 35.2 Å². The van der Waals surface area contributed by atoms with E-state index in [4.69, 9.17) is 4.74 Å². The molecule has 1 atom stereocenters. The highest BCUT2D eigenvalue weighted by Gasteiger charge is 2.25. The molecule has 4 rings (SSSR count). The summed E-state index contributed by atoms with van der Waals surface area (Å²) >= 11 is 0. The lowest BCUT2D eigenvalue weighted by Gasteiger charge is -2.16. The number of ether oxygens (including phenoxy) is 1. The first-order valence-electron chi connectivity index (χ1n) is 10.3. The lowest BCUT2D eigenvalue weighted by molar-refractivity contribution is -0.119. The van der Waals surface area contributed by atoms with E-state index in [1.165, 1.54) is 0 Å². The van der Waals surface area contributed by atoms with Gasteiger partial charge in [0.1, 0.15) is 5.78 Å². The molecule has 0 aliphatic carbocycles. The molecule has 0 N–H and O–H groups in total. The maximum absolute atomic E-state index is 15.2. The lowest BCUT2D eigenvalue weighted by Crippen LogP contribution is -2.16. The second kappa shape index (κ2) is 9.27. The number of rotatable bonds is 8. The van der Waals surface area contributed by atoms with E-state index in [1.54, 1.807) is 19.5 Å². The van der Waals surface area contributed by atoms with Gasteiger partial charge in [-0.3, -0.25) is 19.8 Å². The molecular weight excluding hydrogens is 393 g/mol. The van der Waals surface area contributed by atoms with Gasteiger partial charge in [0.25, 0.3) is 0 Å². The van der Waals surface area contributed by atoms with E-state index in [1.807, 2.05) is 49.4 Å². The van der Waals surface area contributed by atoms with Crippen molar-refractivity contribution in [2.24, 2.45) is 4.99 Å². The molecule has 0 bridgehead atoms. The van der Waals surface area contributed by atoms with E-state index in [2.05, 4.69) is 15.0 Å². The molecule has 3 aromatic rings. The fourth-order valence-corrected chi connectivity index (χ4v) is 3.97. The Morgan fingerprint density at radius 3 is 2.74 bits per heavy atom. The van der Waals surface area contributed by atoms with Gasteiger partial charge in [-0.05, 0) is 24.6 Å². The standard InChI is InChI=1S/C25H24FN3O2/c1-16-10-18(8-9-27-16)25-22-14-28-23(24(26)21(22)13-29-25)12-20(30)11-19(15-31-2)17-6-4-3-5-7-17/h3-10,14,19H,11-13,15H2,1-2H3/t19-/m1/s1. The Morgan fingerprint density at radius 1 is 1.19 bits per heavy atom. The highest BCUT2D eigenvalue weighted by Crippen LogP contribution is 2.27. The van der Waals surface area contributed by atoms with Gasteiger partial charge in [-0.15, -0.1) is 0 Å². The third kappa shape index (κ3) is 4.59. The molecule has 0 saturated carbocycles. The maximum Gasteiger partial charge on any atom is 0.150 e. The first kappa shape index (κ1) is 21.0. The molecule has 6 heteroatoms. The van der Waals surface area contributed by atoms with Crippen molar-refractivity contribution in [3.8, 4) is 0 Å². The van der Waals surface area contributed by atoms with Crippen LogP contribution in [0, 0.1) is 12.7 Å². The van der Waals surface area contributed by atoms with E-state index >= 15 is 4.39 Å². The molecule has 1 aromatic carbocycles. The quantitative estimate of drug-likeness (QED) is 0.551. The molecule has 2 aromatic heterocycles. The van der Waals surface area contributed by atoms with Gasteiger partial charge in [-0.25, -0.2) is 4.39 Å². The first-order chi connectivity index (χ1) is 15.1. The molecule has 158 valence electrons. The van der Waals surface area contributed by atoms with E-state index in [9.17, 15) is 4.79 Å². The number of halogens is 1. The summed E-state index contributed by atoms with van der Waals surface area (Å²) in [6.07, 6.45) is 3.57. The Hall–Kier alpha value is -3.25. The number of aromatic nitrogens is 2. The van der Waals surface area contributed by atoms with Crippen molar-refractivity contribution < 1.29 is 13.9 Å². The van der Waals surface area contributed by atoms with E-state index in [-0.39, 0.29) is 36.8 Å². The Balaban J connectivity index is 1.51. The zero-order valence-corrected chi connectivity index (χ0v) is 17.6. The van der Waals surface area contributed by atoms with Crippen molar-refractivity contribution in [3.05, 3.63) is 94.3 Å². The zero-order chi connectivity index (χ0) is 21.8. The third-order valence-corrected chi connectivity index (χ3v) is 5.49. The first-order valence-corrected chi connectivity index (χ1v) is 10.3. The number of ketones is 1. The summed E-state index contributed by atoms with van der Waals surface area (Å²) in [5, 5.41) is 0. The molecule has 0 radical (unpaired) electrons. The second-order valence-electron chi connectivity index (χ2n) is 7.74.